The van der Waals surface area contributed by atoms with Gasteiger partial charge in [-0.25, -0.2) is 26.4 Å². The van der Waals surface area contributed by atoms with Crippen molar-refractivity contribution >= 4 is 44.9 Å². The Morgan fingerprint density at radius 3 is 2.24 bits per heavy atom. The number of carbonyl (C=O) groups is 3. The molecule has 5 rings (SSSR count). The van der Waals surface area contributed by atoms with Gasteiger partial charge in [-0.3, -0.25) is 9.59 Å². The summed E-state index contributed by atoms with van der Waals surface area (Å²) in [5, 5.41) is 24.0. The van der Waals surface area contributed by atoms with Crippen LogP contribution in [0.5, 0.6) is 0 Å². The van der Waals surface area contributed by atoms with Gasteiger partial charge in [0, 0.05) is 29.9 Å². The fourth-order valence-electron chi connectivity index (χ4n) is 5.37. The van der Waals surface area contributed by atoms with Gasteiger partial charge in [0.1, 0.15) is 6.10 Å². The van der Waals surface area contributed by atoms with E-state index < -0.39 is 80.0 Å². The summed E-state index contributed by atoms with van der Waals surface area (Å²) in [5.74, 6) is -8.31. The predicted octanol–water partition coefficient (Wildman–Crippen LogP) is 2.74. The van der Waals surface area contributed by atoms with Gasteiger partial charge in [-0.15, -0.1) is 0 Å². The second-order valence-corrected chi connectivity index (χ2v) is 13.2. The van der Waals surface area contributed by atoms with E-state index in [0.29, 0.717) is 18.6 Å². The number of ether oxygens (including phenoxy) is 1. The molecule has 4 N–H and O–H groups in total. The van der Waals surface area contributed by atoms with E-state index in [-0.39, 0.29) is 40.6 Å². The number of nitrogens with one attached hydrogen (secondary N) is 2. The molecule has 3 aliphatic rings. The summed E-state index contributed by atoms with van der Waals surface area (Å²) in [4.78, 5) is 36.2. The summed E-state index contributed by atoms with van der Waals surface area (Å²) in [6.45, 7) is 2.29. The normalized spacial score (nSPS) is 24.6. The molecule has 2 bridgehead atoms. The fraction of sp³-hybridized carbons (Fsp3) is 0.444. The van der Waals surface area contributed by atoms with Crippen LogP contribution < -0.4 is 10.6 Å². The van der Waals surface area contributed by atoms with Crippen molar-refractivity contribution < 1.29 is 50.9 Å². The molecule has 3 saturated carbocycles. The Balaban J connectivity index is 1.43. The molecule has 2 aromatic carbocycles. The van der Waals surface area contributed by atoms with Crippen LogP contribution >= 0.6 is 11.6 Å². The molecule has 2 unspecified atom stereocenters. The standard InChI is InChI=1S/C27H28ClF3N2O8S/c1-12(34)26(37)41-13(2)24(35)32-11-27(38)15-6-16(27)8-18(7-15)42(39,40)22-5-14(3-4-19(22)28)25(36)33-17-9-20(29)23(31)21(30)10-17/h3-5,9-10,12-13,15-16,18,34,38H,6-8,11H2,1-2H3,(H,32,35)(H,33,36)/t12-,13-,15?,16?,18?,27?/m0/s1. The van der Waals surface area contributed by atoms with Gasteiger partial charge in [0.05, 0.1) is 20.8 Å². The molecule has 0 saturated heterocycles. The van der Waals surface area contributed by atoms with Crippen LogP contribution in [0.1, 0.15) is 43.5 Å². The summed E-state index contributed by atoms with van der Waals surface area (Å²) in [6, 6.07) is 4.59. The number of aliphatic hydroxyl groups is 2. The van der Waals surface area contributed by atoms with E-state index in [1.54, 1.807) is 0 Å². The van der Waals surface area contributed by atoms with Crippen LogP contribution in [-0.4, -0.2) is 66.0 Å². The van der Waals surface area contributed by atoms with Crippen LogP contribution in [0.4, 0.5) is 18.9 Å². The number of esters is 1. The van der Waals surface area contributed by atoms with Gasteiger partial charge in [0.15, 0.2) is 33.4 Å². The number of sulfone groups is 1. The SMILES string of the molecule is C[C@H](O)C(=O)O[C@@H](C)C(=O)NCC1(O)C2CC1CC(S(=O)(=O)c1cc(C(=O)Nc3cc(F)c(F)c(F)c3)ccc1Cl)C2. The molecule has 42 heavy (non-hydrogen) atoms. The Hall–Kier alpha value is -3.20. The molecular formula is C27H28ClF3N2O8S. The van der Waals surface area contributed by atoms with E-state index in [1.165, 1.54) is 26.0 Å². The molecular weight excluding hydrogens is 605 g/mol. The first-order valence-electron chi connectivity index (χ1n) is 12.9. The number of halogens is 4. The first-order valence-corrected chi connectivity index (χ1v) is 14.8. The zero-order chi connectivity index (χ0) is 31.1. The Kier molecular flexibility index (Phi) is 8.93. The maximum atomic E-state index is 13.6. The molecule has 228 valence electrons. The number of benzene rings is 2. The lowest BCUT2D eigenvalue weighted by Gasteiger charge is -2.58. The number of aliphatic hydroxyl groups excluding tert-OH is 1. The average molecular weight is 633 g/mol. The van der Waals surface area contributed by atoms with E-state index in [2.05, 4.69) is 10.6 Å². The molecule has 4 atom stereocenters. The van der Waals surface area contributed by atoms with E-state index in [0.717, 1.165) is 6.07 Å². The lowest BCUT2D eigenvalue weighted by molar-refractivity contribution is -0.176. The maximum absolute atomic E-state index is 13.6. The molecule has 15 heteroatoms. The van der Waals surface area contributed by atoms with E-state index in [1.807, 2.05) is 0 Å². The largest absolute Gasteiger partial charge is 0.451 e. The molecule has 0 aromatic heterocycles. The molecule has 10 nitrogen and oxygen atoms in total. The van der Waals surface area contributed by atoms with Crippen molar-refractivity contribution in [3.05, 3.63) is 58.4 Å². The van der Waals surface area contributed by atoms with Crippen molar-refractivity contribution in [3.8, 4) is 0 Å². The lowest BCUT2D eigenvalue weighted by atomic mass is 9.53. The van der Waals surface area contributed by atoms with Gasteiger partial charge in [-0.05, 0) is 63.1 Å². The monoisotopic (exact) mass is 632 g/mol. The molecule has 0 heterocycles. The Labute approximate surface area is 244 Å². The third-order valence-electron chi connectivity index (χ3n) is 7.81. The molecule has 2 aromatic rings. The van der Waals surface area contributed by atoms with Gasteiger partial charge in [0.25, 0.3) is 11.8 Å². The van der Waals surface area contributed by atoms with Gasteiger partial charge in [-0.1, -0.05) is 11.6 Å². The Bertz CT molecular complexity index is 1500. The Morgan fingerprint density at radius 1 is 1.07 bits per heavy atom. The Morgan fingerprint density at radius 2 is 1.67 bits per heavy atom. The average Bonchev–Trinajstić information content (AvgIpc) is 2.94. The predicted molar refractivity (Wildman–Crippen MR) is 143 cm³/mol. The van der Waals surface area contributed by atoms with Crippen LogP contribution in [0.2, 0.25) is 5.02 Å². The van der Waals surface area contributed by atoms with E-state index >= 15 is 0 Å². The first kappa shape index (κ1) is 31.7. The van der Waals surface area contributed by atoms with Crippen LogP contribution in [0.25, 0.3) is 0 Å². The number of rotatable bonds is 9. The number of amides is 2. The maximum Gasteiger partial charge on any atom is 0.335 e. The number of fused-ring (bicyclic) bond motifs is 2. The van der Waals surface area contributed by atoms with Crippen LogP contribution in [0, 0.1) is 29.3 Å². The summed E-state index contributed by atoms with van der Waals surface area (Å²) < 4.78 is 72.3. The molecule has 2 amide bonds. The minimum absolute atomic E-state index is 0.0403. The zero-order valence-corrected chi connectivity index (χ0v) is 23.9. The first-order chi connectivity index (χ1) is 19.5. The quantitative estimate of drug-likeness (QED) is 0.243. The highest BCUT2D eigenvalue weighted by Gasteiger charge is 2.60. The third-order valence-corrected chi connectivity index (χ3v) is 10.5. The fourth-order valence-corrected chi connectivity index (χ4v) is 7.77. The molecule has 3 aliphatic carbocycles. The summed E-state index contributed by atoms with van der Waals surface area (Å²) >= 11 is 6.20. The van der Waals surface area contributed by atoms with Gasteiger partial charge < -0.3 is 25.6 Å². The second-order valence-electron chi connectivity index (χ2n) is 10.6. The summed E-state index contributed by atoms with van der Waals surface area (Å²) in [6.07, 6.45) is -2.04. The number of carbonyl (C=O) groups excluding carboxylic acids is 3. The molecule has 0 radical (unpaired) electrons. The minimum atomic E-state index is -4.12. The van der Waals surface area contributed by atoms with E-state index in [4.69, 9.17) is 16.3 Å². The van der Waals surface area contributed by atoms with Crippen LogP contribution in [0.3, 0.4) is 0 Å². The molecule has 3 fully saturated rings. The molecule has 0 aliphatic heterocycles. The topological polar surface area (TPSA) is 159 Å². The second kappa shape index (κ2) is 11.8. The van der Waals surface area contributed by atoms with Crippen molar-refractivity contribution in [1.82, 2.24) is 5.32 Å². The zero-order valence-electron chi connectivity index (χ0n) is 22.4. The highest BCUT2D eigenvalue weighted by atomic mass is 35.5. The summed E-state index contributed by atoms with van der Waals surface area (Å²) in [7, 11) is -4.12. The summed E-state index contributed by atoms with van der Waals surface area (Å²) in [5.41, 5.74) is -1.96. The third kappa shape index (κ3) is 6.12. The van der Waals surface area contributed by atoms with Gasteiger partial charge in [-0.2, -0.15) is 0 Å². The van der Waals surface area contributed by atoms with Crippen molar-refractivity contribution in [2.45, 2.75) is 61.1 Å². The highest BCUT2D eigenvalue weighted by Crippen LogP contribution is 2.55. The van der Waals surface area contributed by atoms with Gasteiger partial charge >= 0.3 is 5.97 Å². The highest BCUT2D eigenvalue weighted by molar-refractivity contribution is 7.92. The van der Waals surface area contributed by atoms with Crippen LogP contribution in [-0.2, 0) is 24.2 Å². The molecule has 0 spiro atoms. The number of hydrogen-bond donors (Lipinski definition) is 4. The van der Waals surface area contributed by atoms with Crippen molar-refractivity contribution in [2.24, 2.45) is 11.8 Å². The van der Waals surface area contributed by atoms with Crippen LogP contribution in [0.15, 0.2) is 35.2 Å². The smallest absolute Gasteiger partial charge is 0.335 e. The van der Waals surface area contributed by atoms with E-state index in [9.17, 15) is 46.2 Å². The minimum Gasteiger partial charge on any atom is -0.451 e. The van der Waals surface area contributed by atoms with Crippen molar-refractivity contribution in [1.29, 1.82) is 0 Å². The van der Waals surface area contributed by atoms with Gasteiger partial charge in [0.2, 0.25) is 0 Å². The number of hydrogen-bond acceptors (Lipinski definition) is 8. The van der Waals surface area contributed by atoms with Crippen molar-refractivity contribution in [3.63, 3.8) is 0 Å². The van der Waals surface area contributed by atoms with Crippen molar-refractivity contribution in [2.75, 3.05) is 11.9 Å². The number of anilines is 1. The lowest BCUT2D eigenvalue weighted by Crippen LogP contribution is -2.66.